The fourth-order valence-electron chi connectivity index (χ4n) is 1.61. The fraction of sp³-hybridized carbons (Fsp3) is 1.00. The summed E-state index contributed by atoms with van der Waals surface area (Å²) in [5.74, 6) is 0. The summed E-state index contributed by atoms with van der Waals surface area (Å²) in [6.07, 6.45) is 6.47. The molecule has 5 nitrogen and oxygen atoms in total. The average Bonchev–Trinajstić information content (AvgIpc) is 2.43. The molecule has 0 unspecified atom stereocenters. The molecule has 0 aromatic rings. The molecule has 0 aliphatic rings. The first-order chi connectivity index (χ1) is 9.41. The summed E-state index contributed by atoms with van der Waals surface area (Å²) in [4.78, 5) is 0. The maximum atomic E-state index is 10.2. The van der Waals surface area contributed by atoms with Gasteiger partial charge < -0.3 is 24.4 Å². The van der Waals surface area contributed by atoms with Gasteiger partial charge in [-0.3, -0.25) is 0 Å². The normalized spacial score (nSPS) is 10.0. The smallest absolute Gasteiger partial charge is 0.854 e. The third kappa shape index (κ3) is 27.0. The van der Waals surface area contributed by atoms with Gasteiger partial charge in [-0.15, -0.1) is 13.2 Å². The van der Waals surface area contributed by atoms with Crippen molar-refractivity contribution >= 4 is 0 Å². The summed E-state index contributed by atoms with van der Waals surface area (Å²) >= 11 is 0. The second-order valence-corrected chi connectivity index (χ2v) is 4.37. The minimum Gasteiger partial charge on any atom is -0.854 e. The molecule has 0 bridgehead atoms. The van der Waals surface area contributed by atoms with E-state index in [9.17, 15) is 10.2 Å². The van der Waals surface area contributed by atoms with Crippen LogP contribution in [-0.2, 0) is 14.2 Å². The van der Waals surface area contributed by atoms with E-state index in [1.165, 1.54) is 12.8 Å². The Morgan fingerprint density at radius 1 is 0.429 bits per heavy atom. The zero-order valence-electron chi connectivity index (χ0n) is 13.9. The van der Waals surface area contributed by atoms with Crippen molar-refractivity contribution in [3.05, 3.63) is 0 Å². The third-order valence-corrected chi connectivity index (χ3v) is 2.65. The minimum absolute atomic E-state index is 0. The Balaban J connectivity index is -0.00000162. The van der Waals surface area contributed by atoms with E-state index in [2.05, 4.69) is 0 Å². The van der Waals surface area contributed by atoms with Gasteiger partial charge in [-0.1, -0.05) is 32.1 Å². The first-order valence-corrected chi connectivity index (χ1v) is 7.31. The summed E-state index contributed by atoms with van der Waals surface area (Å²) in [7, 11) is 0. The van der Waals surface area contributed by atoms with Crippen molar-refractivity contribution in [1.82, 2.24) is 0 Å². The molecule has 0 heterocycles. The third-order valence-electron chi connectivity index (χ3n) is 2.65. The molecule has 0 fully saturated rings. The van der Waals surface area contributed by atoms with Gasteiger partial charge in [0.15, 0.2) is 0 Å². The van der Waals surface area contributed by atoms with Crippen LogP contribution in [0.5, 0.6) is 0 Å². The Kier molecular flexibility index (Phi) is 35.1. The molecular weight excluding hydrogens is 294 g/mol. The molecule has 0 aromatic heterocycles. The van der Waals surface area contributed by atoms with E-state index < -0.39 is 0 Å². The Morgan fingerprint density at radius 3 is 1.38 bits per heavy atom. The van der Waals surface area contributed by atoms with Crippen LogP contribution in [0.3, 0.4) is 0 Å². The Hall–Kier alpha value is 1.80. The molecule has 0 radical (unpaired) electrons. The molecule has 0 aliphatic carbocycles. The van der Waals surface area contributed by atoms with Crippen molar-refractivity contribution in [2.75, 3.05) is 52.9 Å². The van der Waals surface area contributed by atoms with Crippen LogP contribution in [0.25, 0.3) is 0 Å². The summed E-state index contributed by atoms with van der Waals surface area (Å²) in [5, 5.41) is 20.3. The van der Waals surface area contributed by atoms with Crippen LogP contribution in [0, 0.1) is 0 Å². The molecule has 0 spiro atoms. The summed E-state index contributed by atoms with van der Waals surface area (Å²) in [6.45, 7) is 3.08. The molecule has 7 heteroatoms. The van der Waals surface area contributed by atoms with E-state index in [0.717, 1.165) is 32.3 Å². The first-order valence-electron chi connectivity index (χ1n) is 7.31. The number of ether oxygens (including phenoxy) is 3. The number of hydrogen-bond donors (Lipinski definition) is 0. The topological polar surface area (TPSA) is 73.8 Å². The van der Waals surface area contributed by atoms with Crippen molar-refractivity contribution in [2.24, 2.45) is 0 Å². The zero-order chi connectivity index (χ0) is 14.0. The van der Waals surface area contributed by atoms with Crippen LogP contribution in [0.2, 0.25) is 0 Å². The quantitative estimate of drug-likeness (QED) is 0.209. The summed E-state index contributed by atoms with van der Waals surface area (Å²) in [6, 6.07) is 0. The van der Waals surface area contributed by atoms with Gasteiger partial charge in [0.2, 0.25) is 0 Å². The van der Waals surface area contributed by atoms with Crippen LogP contribution < -0.4 is 69.3 Å². The van der Waals surface area contributed by atoms with Gasteiger partial charge in [-0.2, -0.15) is 0 Å². The number of hydrogen-bond acceptors (Lipinski definition) is 5. The van der Waals surface area contributed by atoms with Crippen molar-refractivity contribution in [3.8, 4) is 0 Å². The Bertz CT molecular complexity index is 148. The van der Waals surface area contributed by atoms with Crippen LogP contribution in [0.4, 0.5) is 0 Å². The minimum atomic E-state index is -0.194. The van der Waals surface area contributed by atoms with E-state index >= 15 is 0 Å². The average molecular weight is 322 g/mol. The van der Waals surface area contributed by atoms with E-state index in [1.54, 1.807) is 0 Å². The molecular formula is C14H28Na2O5. The molecule has 0 N–H and O–H groups in total. The number of unbranched alkanes of at least 4 members (excludes halogenated alkanes) is 5. The standard InChI is InChI=1S/C14H28O5.2Na/c15-7-5-3-1-2-4-6-9-17-11-13-19-14-12-18-10-8-16;;/h1-14H2;;/q-2;2*+1. The molecule has 21 heavy (non-hydrogen) atoms. The van der Waals surface area contributed by atoms with Gasteiger partial charge in [0.1, 0.15) is 0 Å². The molecule has 0 rings (SSSR count). The molecule has 0 aromatic carbocycles. The van der Waals surface area contributed by atoms with Crippen molar-refractivity contribution < 1.29 is 83.5 Å². The first kappa shape index (κ1) is 27.6. The van der Waals surface area contributed by atoms with Crippen molar-refractivity contribution in [1.29, 1.82) is 0 Å². The van der Waals surface area contributed by atoms with E-state index in [1.807, 2.05) is 0 Å². The van der Waals surface area contributed by atoms with E-state index in [0.29, 0.717) is 26.4 Å². The zero-order valence-corrected chi connectivity index (χ0v) is 17.9. The summed E-state index contributed by atoms with van der Waals surface area (Å²) < 4.78 is 15.7. The van der Waals surface area contributed by atoms with Gasteiger partial charge in [0.25, 0.3) is 0 Å². The van der Waals surface area contributed by atoms with Crippen LogP contribution in [0.1, 0.15) is 38.5 Å². The molecule has 0 aliphatic heterocycles. The van der Waals surface area contributed by atoms with Gasteiger partial charge in [-0.05, 0) is 6.42 Å². The van der Waals surface area contributed by atoms with E-state index in [4.69, 9.17) is 14.2 Å². The van der Waals surface area contributed by atoms with Crippen LogP contribution in [0.15, 0.2) is 0 Å². The second-order valence-electron chi connectivity index (χ2n) is 4.37. The van der Waals surface area contributed by atoms with Crippen molar-refractivity contribution in [2.45, 2.75) is 38.5 Å². The van der Waals surface area contributed by atoms with Gasteiger partial charge in [-0.25, -0.2) is 0 Å². The Morgan fingerprint density at radius 2 is 0.857 bits per heavy atom. The van der Waals surface area contributed by atoms with Crippen LogP contribution in [-0.4, -0.2) is 52.9 Å². The predicted molar refractivity (Wildman–Crippen MR) is 69.9 cm³/mol. The monoisotopic (exact) mass is 322 g/mol. The second kappa shape index (κ2) is 26.7. The van der Waals surface area contributed by atoms with Gasteiger partial charge in [0, 0.05) is 13.2 Å². The van der Waals surface area contributed by atoms with Gasteiger partial charge >= 0.3 is 59.1 Å². The molecule has 0 saturated heterocycles. The van der Waals surface area contributed by atoms with E-state index in [-0.39, 0.29) is 78.9 Å². The molecule has 116 valence electrons. The summed E-state index contributed by atoms with van der Waals surface area (Å²) in [5.41, 5.74) is 0. The molecule has 0 amide bonds. The molecule has 0 atom stereocenters. The fourth-order valence-corrected chi connectivity index (χ4v) is 1.61. The van der Waals surface area contributed by atoms with Gasteiger partial charge in [0.05, 0.1) is 26.4 Å². The maximum Gasteiger partial charge on any atom is 1.00 e. The largest absolute Gasteiger partial charge is 1.00 e. The maximum absolute atomic E-state index is 10.2. The SMILES string of the molecule is [Na+].[Na+].[O-]CCCCCCCCOCCOCCOCC[O-]. The van der Waals surface area contributed by atoms with Crippen LogP contribution >= 0.6 is 0 Å². The number of rotatable bonds is 16. The van der Waals surface area contributed by atoms with Crippen molar-refractivity contribution in [3.63, 3.8) is 0 Å². The Labute approximate surface area is 173 Å². The molecule has 0 saturated carbocycles. The predicted octanol–water partition coefficient (Wildman–Crippen LogP) is -5.89.